The maximum Gasteiger partial charge on any atom is 0.0997 e. The minimum atomic E-state index is 0.821. The summed E-state index contributed by atoms with van der Waals surface area (Å²) in [6.07, 6.45) is 3.33. The number of H-pyrrole nitrogens is 1. The molecule has 0 unspecified atom stereocenters. The standard InChI is InChI=1S/C10H13N3O/c1-2-11-6-9-5-10(13-12-9)8-3-4-14-7-8/h3-5,7,11H,2,6H2,1H3,(H,12,13). The number of rotatable bonds is 4. The predicted molar refractivity (Wildman–Crippen MR) is 53.7 cm³/mol. The number of aromatic amines is 1. The van der Waals surface area contributed by atoms with Crippen LogP contribution in [0, 0.1) is 0 Å². The van der Waals surface area contributed by atoms with Gasteiger partial charge >= 0.3 is 0 Å². The fourth-order valence-electron chi connectivity index (χ4n) is 1.27. The van der Waals surface area contributed by atoms with E-state index in [0.29, 0.717) is 0 Å². The van der Waals surface area contributed by atoms with E-state index in [2.05, 4.69) is 22.4 Å². The molecule has 0 spiro atoms. The van der Waals surface area contributed by atoms with Crippen LogP contribution in [0.5, 0.6) is 0 Å². The number of furan rings is 1. The summed E-state index contributed by atoms with van der Waals surface area (Å²) in [4.78, 5) is 0. The van der Waals surface area contributed by atoms with Crippen molar-refractivity contribution in [2.24, 2.45) is 0 Å². The molecule has 74 valence electrons. The highest BCUT2D eigenvalue weighted by Gasteiger charge is 2.03. The Bertz CT molecular complexity index is 378. The molecule has 0 bridgehead atoms. The Balaban J connectivity index is 2.10. The van der Waals surface area contributed by atoms with Crippen molar-refractivity contribution < 1.29 is 4.42 Å². The van der Waals surface area contributed by atoms with Crippen LogP contribution in [0.1, 0.15) is 12.6 Å². The molecular formula is C10H13N3O. The van der Waals surface area contributed by atoms with Crippen molar-refractivity contribution in [3.05, 3.63) is 30.4 Å². The maximum absolute atomic E-state index is 4.99. The van der Waals surface area contributed by atoms with Crippen molar-refractivity contribution in [3.63, 3.8) is 0 Å². The molecule has 0 aromatic carbocycles. The number of nitrogens with zero attached hydrogens (tertiary/aromatic N) is 1. The predicted octanol–water partition coefficient (Wildman–Crippen LogP) is 1.78. The third-order valence-corrected chi connectivity index (χ3v) is 2.01. The van der Waals surface area contributed by atoms with E-state index < -0.39 is 0 Å². The Labute approximate surface area is 82.3 Å². The summed E-state index contributed by atoms with van der Waals surface area (Å²) in [5, 5.41) is 10.4. The van der Waals surface area contributed by atoms with Crippen LogP contribution in [0.25, 0.3) is 11.3 Å². The molecule has 0 atom stereocenters. The van der Waals surface area contributed by atoms with Gasteiger partial charge in [0.2, 0.25) is 0 Å². The molecule has 4 nitrogen and oxygen atoms in total. The molecule has 2 rings (SSSR count). The molecule has 2 N–H and O–H groups in total. The fourth-order valence-corrected chi connectivity index (χ4v) is 1.27. The summed E-state index contributed by atoms with van der Waals surface area (Å²) in [7, 11) is 0. The van der Waals surface area contributed by atoms with Gasteiger partial charge in [-0.1, -0.05) is 6.92 Å². The van der Waals surface area contributed by atoms with Crippen LogP contribution in [0.15, 0.2) is 29.1 Å². The van der Waals surface area contributed by atoms with Gasteiger partial charge in [0, 0.05) is 17.8 Å². The zero-order valence-electron chi connectivity index (χ0n) is 8.08. The average Bonchev–Trinajstić information content (AvgIpc) is 2.85. The van der Waals surface area contributed by atoms with Crippen molar-refractivity contribution in [3.8, 4) is 11.3 Å². The Kier molecular flexibility index (Phi) is 2.65. The fraction of sp³-hybridized carbons (Fsp3) is 0.300. The second-order valence-corrected chi connectivity index (χ2v) is 3.07. The van der Waals surface area contributed by atoms with Crippen LogP contribution >= 0.6 is 0 Å². The van der Waals surface area contributed by atoms with Crippen molar-refractivity contribution in [1.29, 1.82) is 0 Å². The lowest BCUT2D eigenvalue weighted by molar-refractivity contribution is 0.568. The lowest BCUT2D eigenvalue weighted by atomic mass is 10.2. The van der Waals surface area contributed by atoms with E-state index in [1.54, 1.807) is 12.5 Å². The number of nitrogens with one attached hydrogen (secondary N) is 2. The first kappa shape index (κ1) is 9.02. The van der Waals surface area contributed by atoms with Crippen molar-refractivity contribution in [2.75, 3.05) is 6.54 Å². The lowest BCUT2D eigenvalue weighted by Crippen LogP contribution is -2.11. The highest BCUT2D eigenvalue weighted by molar-refractivity contribution is 5.57. The smallest absolute Gasteiger partial charge is 0.0997 e. The molecule has 0 saturated heterocycles. The maximum atomic E-state index is 4.99. The van der Waals surface area contributed by atoms with Gasteiger partial charge in [-0.2, -0.15) is 5.10 Å². The number of aromatic nitrogens is 2. The molecule has 0 fully saturated rings. The second-order valence-electron chi connectivity index (χ2n) is 3.07. The molecule has 0 aliphatic carbocycles. The first-order valence-electron chi connectivity index (χ1n) is 4.67. The number of hydrogen-bond donors (Lipinski definition) is 2. The second kappa shape index (κ2) is 4.11. The van der Waals surface area contributed by atoms with Gasteiger partial charge in [-0.25, -0.2) is 0 Å². The van der Waals surface area contributed by atoms with Gasteiger partial charge in [-0.15, -0.1) is 0 Å². The van der Waals surface area contributed by atoms with Crippen molar-refractivity contribution in [2.45, 2.75) is 13.5 Å². The molecule has 0 saturated carbocycles. The number of hydrogen-bond acceptors (Lipinski definition) is 3. The van der Waals surface area contributed by atoms with Crippen molar-refractivity contribution >= 4 is 0 Å². The highest BCUT2D eigenvalue weighted by Crippen LogP contribution is 2.17. The topological polar surface area (TPSA) is 53.9 Å². The molecule has 2 heterocycles. The summed E-state index contributed by atoms with van der Waals surface area (Å²) < 4.78 is 4.99. The van der Waals surface area contributed by atoms with E-state index in [0.717, 1.165) is 30.0 Å². The highest BCUT2D eigenvalue weighted by atomic mass is 16.3. The van der Waals surface area contributed by atoms with Gasteiger partial charge in [0.05, 0.1) is 18.2 Å². The molecule has 14 heavy (non-hydrogen) atoms. The molecule has 2 aromatic heterocycles. The van der Waals surface area contributed by atoms with Crippen LogP contribution in [0.4, 0.5) is 0 Å². The first-order valence-corrected chi connectivity index (χ1v) is 4.67. The third kappa shape index (κ3) is 1.85. The molecule has 0 aliphatic heterocycles. The minimum absolute atomic E-state index is 0.821. The van der Waals surface area contributed by atoms with Crippen LogP contribution in [0.3, 0.4) is 0 Å². The van der Waals surface area contributed by atoms with E-state index in [-0.39, 0.29) is 0 Å². The summed E-state index contributed by atoms with van der Waals surface area (Å²) in [5.74, 6) is 0. The summed E-state index contributed by atoms with van der Waals surface area (Å²) >= 11 is 0. The molecule has 2 aromatic rings. The SMILES string of the molecule is CCNCc1cc(-c2ccoc2)n[nH]1. The van der Waals surface area contributed by atoms with Crippen molar-refractivity contribution in [1.82, 2.24) is 15.5 Å². The minimum Gasteiger partial charge on any atom is -0.472 e. The van der Waals surface area contributed by atoms with Gasteiger partial charge < -0.3 is 9.73 Å². The third-order valence-electron chi connectivity index (χ3n) is 2.01. The largest absolute Gasteiger partial charge is 0.472 e. The van der Waals surface area contributed by atoms with Crippen LogP contribution in [0.2, 0.25) is 0 Å². The summed E-state index contributed by atoms with van der Waals surface area (Å²) in [6, 6.07) is 3.92. The molecule has 0 radical (unpaired) electrons. The van der Waals surface area contributed by atoms with Crippen LogP contribution in [-0.4, -0.2) is 16.7 Å². The Morgan fingerprint density at radius 3 is 3.21 bits per heavy atom. The van der Waals surface area contributed by atoms with E-state index >= 15 is 0 Å². The Morgan fingerprint density at radius 1 is 1.57 bits per heavy atom. The van der Waals surface area contributed by atoms with Gasteiger partial charge in [0.15, 0.2) is 0 Å². The Morgan fingerprint density at radius 2 is 2.50 bits per heavy atom. The van der Waals surface area contributed by atoms with Gasteiger partial charge in [0.25, 0.3) is 0 Å². The zero-order chi connectivity index (χ0) is 9.80. The summed E-state index contributed by atoms with van der Waals surface area (Å²) in [6.45, 7) is 3.86. The van der Waals surface area contributed by atoms with Crippen LogP contribution < -0.4 is 5.32 Å². The van der Waals surface area contributed by atoms with E-state index in [1.807, 2.05) is 12.1 Å². The van der Waals surface area contributed by atoms with Gasteiger partial charge in [-0.3, -0.25) is 5.10 Å². The first-order chi connectivity index (χ1) is 6.90. The average molecular weight is 191 g/mol. The Hall–Kier alpha value is -1.55. The van der Waals surface area contributed by atoms with E-state index in [4.69, 9.17) is 4.42 Å². The molecule has 0 amide bonds. The van der Waals surface area contributed by atoms with E-state index in [1.165, 1.54) is 0 Å². The zero-order valence-corrected chi connectivity index (χ0v) is 8.08. The molecule has 4 heteroatoms. The quantitative estimate of drug-likeness (QED) is 0.774. The van der Waals surface area contributed by atoms with Gasteiger partial charge in [0.1, 0.15) is 0 Å². The monoisotopic (exact) mass is 191 g/mol. The normalized spacial score (nSPS) is 10.6. The van der Waals surface area contributed by atoms with Crippen LogP contribution in [-0.2, 0) is 6.54 Å². The van der Waals surface area contributed by atoms with Gasteiger partial charge in [-0.05, 0) is 18.7 Å². The van der Waals surface area contributed by atoms with E-state index in [9.17, 15) is 0 Å². The molecule has 0 aliphatic rings. The summed E-state index contributed by atoms with van der Waals surface area (Å²) in [5.41, 5.74) is 3.01. The molecular weight excluding hydrogens is 178 g/mol. The lowest BCUT2D eigenvalue weighted by Gasteiger charge is -1.95.